The molecule has 0 aliphatic heterocycles. The van der Waals surface area contributed by atoms with Gasteiger partial charge in [-0.1, -0.05) is 20.8 Å². The molecule has 1 heterocycles. The Hall–Kier alpha value is -0.410. The lowest BCUT2D eigenvalue weighted by Crippen LogP contribution is -2.40. The molecule has 1 aliphatic rings. The Balaban J connectivity index is 1.96. The molecule has 1 aromatic rings. The van der Waals surface area contributed by atoms with Crippen LogP contribution in [0.2, 0.25) is 0 Å². The molecule has 0 aromatic carbocycles. The highest BCUT2D eigenvalue weighted by atomic mass is 32.1. The number of nitrogens with zero attached hydrogens (tertiary/aromatic N) is 1. The van der Waals surface area contributed by atoms with Crippen molar-refractivity contribution < 1.29 is 0 Å². The molecule has 2 nitrogen and oxygen atoms in total. The highest BCUT2D eigenvalue weighted by Crippen LogP contribution is 2.35. The summed E-state index contributed by atoms with van der Waals surface area (Å²) in [6.45, 7) is 12.4. The zero-order chi connectivity index (χ0) is 15.4. The summed E-state index contributed by atoms with van der Waals surface area (Å²) in [5.41, 5.74) is 1.22. The molecular formula is C18H32N2S. The van der Waals surface area contributed by atoms with Crippen LogP contribution in [0.25, 0.3) is 0 Å². The fourth-order valence-electron chi connectivity index (χ4n) is 3.70. The van der Waals surface area contributed by atoms with Crippen LogP contribution in [0.1, 0.15) is 62.0 Å². The van der Waals surface area contributed by atoms with Crippen molar-refractivity contribution in [1.29, 1.82) is 0 Å². The predicted molar refractivity (Wildman–Crippen MR) is 93.0 cm³/mol. The number of thiazole rings is 1. The van der Waals surface area contributed by atoms with Crippen LogP contribution in [0.15, 0.2) is 0 Å². The van der Waals surface area contributed by atoms with Crippen molar-refractivity contribution in [3.05, 3.63) is 15.6 Å². The highest BCUT2D eigenvalue weighted by Gasteiger charge is 2.29. The van der Waals surface area contributed by atoms with Crippen molar-refractivity contribution in [3.8, 4) is 0 Å². The number of hydrogen-bond acceptors (Lipinski definition) is 3. The van der Waals surface area contributed by atoms with E-state index in [2.05, 4.69) is 39.9 Å². The van der Waals surface area contributed by atoms with Gasteiger partial charge in [0.05, 0.1) is 10.7 Å². The average molecular weight is 309 g/mol. The smallest absolute Gasteiger partial charge is 0.0946 e. The Kier molecular flexibility index (Phi) is 6.24. The molecule has 1 unspecified atom stereocenters. The summed E-state index contributed by atoms with van der Waals surface area (Å²) in [5.74, 6) is 2.64. The number of aromatic nitrogens is 1. The Morgan fingerprint density at radius 3 is 2.24 bits per heavy atom. The van der Waals surface area contributed by atoms with E-state index >= 15 is 0 Å². The summed E-state index contributed by atoms with van der Waals surface area (Å²) in [7, 11) is 0. The summed E-state index contributed by atoms with van der Waals surface area (Å²) in [4.78, 5) is 6.13. The second-order valence-corrected chi connectivity index (χ2v) is 8.32. The molecular weight excluding hydrogens is 276 g/mol. The van der Waals surface area contributed by atoms with Gasteiger partial charge >= 0.3 is 0 Å². The van der Waals surface area contributed by atoms with Crippen LogP contribution in [0.5, 0.6) is 0 Å². The maximum absolute atomic E-state index is 4.75. The Morgan fingerprint density at radius 1 is 1.14 bits per heavy atom. The third-order valence-corrected chi connectivity index (χ3v) is 6.36. The van der Waals surface area contributed by atoms with E-state index in [9.17, 15) is 0 Å². The molecule has 3 heteroatoms. The lowest BCUT2D eigenvalue weighted by Gasteiger charge is -2.35. The molecule has 120 valence electrons. The molecule has 1 saturated carbocycles. The Labute approximate surface area is 134 Å². The zero-order valence-electron chi connectivity index (χ0n) is 14.4. The van der Waals surface area contributed by atoms with Gasteiger partial charge < -0.3 is 5.32 Å². The topological polar surface area (TPSA) is 24.9 Å². The molecule has 1 atom stereocenters. The van der Waals surface area contributed by atoms with Crippen molar-refractivity contribution in [2.24, 2.45) is 17.8 Å². The highest BCUT2D eigenvalue weighted by molar-refractivity contribution is 7.11. The number of aryl methyl sites for hydroxylation is 2. The zero-order valence-corrected chi connectivity index (χ0v) is 15.2. The van der Waals surface area contributed by atoms with Crippen LogP contribution >= 0.6 is 11.3 Å². The SMILES string of the molecule is CCNC(Cc1nc(C)c(C)s1)C1CCC(C(C)C)CC1. The van der Waals surface area contributed by atoms with Gasteiger partial charge in [-0.05, 0) is 63.8 Å². The van der Waals surface area contributed by atoms with Crippen molar-refractivity contribution in [2.45, 2.75) is 72.8 Å². The van der Waals surface area contributed by atoms with E-state index in [1.54, 1.807) is 0 Å². The third-order valence-electron chi connectivity index (χ3n) is 5.26. The maximum atomic E-state index is 4.75. The lowest BCUT2D eigenvalue weighted by molar-refractivity contribution is 0.188. The molecule has 2 rings (SSSR count). The summed E-state index contributed by atoms with van der Waals surface area (Å²) in [6, 6.07) is 0.619. The van der Waals surface area contributed by atoms with Gasteiger partial charge in [-0.15, -0.1) is 11.3 Å². The van der Waals surface area contributed by atoms with Gasteiger partial charge in [0, 0.05) is 17.3 Å². The van der Waals surface area contributed by atoms with Gasteiger partial charge in [-0.25, -0.2) is 4.98 Å². The van der Waals surface area contributed by atoms with Crippen LogP contribution in [0.3, 0.4) is 0 Å². The van der Waals surface area contributed by atoms with E-state index in [1.165, 1.54) is 41.3 Å². The number of rotatable bonds is 6. The quantitative estimate of drug-likeness (QED) is 0.821. The first kappa shape index (κ1) is 17.0. The molecule has 1 fully saturated rings. The molecule has 21 heavy (non-hydrogen) atoms. The first-order valence-corrected chi connectivity index (χ1v) is 9.49. The number of hydrogen-bond donors (Lipinski definition) is 1. The fraction of sp³-hybridized carbons (Fsp3) is 0.833. The van der Waals surface area contributed by atoms with Crippen LogP contribution in [0, 0.1) is 31.6 Å². The minimum absolute atomic E-state index is 0.619. The molecule has 1 N–H and O–H groups in total. The van der Waals surface area contributed by atoms with Gasteiger partial charge in [-0.2, -0.15) is 0 Å². The lowest BCUT2D eigenvalue weighted by atomic mass is 9.74. The van der Waals surface area contributed by atoms with Crippen molar-refractivity contribution in [2.75, 3.05) is 6.54 Å². The fourth-order valence-corrected chi connectivity index (χ4v) is 4.69. The average Bonchev–Trinajstić information content (AvgIpc) is 2.77. The van der Waals surface area contributed by atoms with Gasteiger partial charge in [0.2, 0.25) is 0 Å². The molecule has 0 amide bonds. The normalized spacial score (nSPS) is 24.5. The van der Waals surface area contributed by atoms with E-state index in [1.807, 2.05) is 11.3 Å². The van der Waals surface area contributed by atoms with Gasteiger partial charge in [0.1, 0.15) is 0 Å². The van der Waals surface area contributed by atoms with E-state index in [0.29, 0.717) is 6.04 Å². The van der Waals surface area contributed by atoms with Gasteiger partial charge in [0.25, 0.3) is 0 Å². The van der Waals surface area contributed by atoms with E-state index in [-0.39, 0.29) is 0 Å². The summed E-state index contributed by atoms with van der Waals surface area (Å²) in [5, 5.41) is 5.06. The van der Waals surface area contributed by atoms with Crippen molar-refractivity contribution in [3.63, 3.8) is 0 Å². The van der Waals surface area contributed by atoms with Crippen LogP contribution in [0.4, 0.5) is 0 Å². The summed E-state index contributed by atoms with van der Waals surface area (Å²) >= 11 is 1.89. The second-order valence-electron chi connectivity index (χ2n) is 7.04. The van der Waals surface area contributed by atoms with Crippen LogP contribution in [-0.4, -0.2) is 17.6 Å². The molecule has 1 aliphatic carbocycles. The van der Waals surface area contributed by atoms with E-state index in [0.717, 1.165) is 30.7 Å². The summed E-state index contributed by atoms with van der Waals surface area (Å²) < 4.78 is 0. The largest absolute Gasteiger partial charge is 0.314 e. The van der Waals surface area contributed by atoms with Gasteiger partial charge in [-0.3, -0.25) is 0 Å². The Morgan fingerprint density at radius 2 is 1.76 bits per heavy atom. The van der Waals surface area contributed by atoms with Gasteiger partial charge in [0.15, 0.2) is 0 Å². The maximum Gasteiger partial charge on any atom is 0.0946 e. The molecule has 0 radical (unpaired) electrons. The Bertz CT molecular complexity index is 411. The molecule has 0 bridgehead atoms. The predicted octanol–water partition coefficient (Wildman–Crippen LogP) is 4.74. The minimum atomic E-state index is 0.619. The second kappa shape index (κ2) is 7.73. The first-order chi connectivity index (χ1) is 10.0. The summed E-state index contributed by atoms with van der Waals surface area (Å²) in [6.07, 6.45) is 6.73. The van der Waals surface area contributed by atoms with Crippen molar-refractivity contribution >= 4 is 11.3 Å². The van der Waals surface area contributed by atoms with E-state index in [4.69, 9.17) is 4.98 Å². The third kappa shape index (κ3) is 4.53. The molecule has 0 spiro atoms. The standard InChI is InChI=1S/C18H32N2S/c1-6-19-17(11-18-20-13(4)14(5)21-18)16-9-7-15(8-10-16)12(2)3/h12,15-17,19H,6-11H2,1-5H3. The molecule has 1 aromatic heterocycles. The number of likely N-dealkylation sites (N-methyl/N-ethyl adjacent to an activating group) is 1. The van der Waals surface area contributed by atoms with Crippen LogP contribution in [-0.2, 0) is 6.42 Å². The van der Waals surface area contributed by atoms with Crippen LogP contribution < -0.4 is 5.32 Å². The minimum Gasteiger partial charge on any atom is -0.314 e. The van der Waals surface area contributed by atoms with E-state index < -0.39 is 0 Å². The number of nitrogens with one attached hydrogen (secondary N) is 1. The monoisotopic (exact) mass is 308 g/mol. The molecule has 0 saturated heterocycles. The first-order valence-electron chi connectivity index (χ1n) is 8.67. The van der Waals surface area contributed by atoms with Crippen molar-refractivity contribution in [1.82, 2.24) is 10.3 Å².